The Morgan fingerprint density at radius 3 is 1.46 bits per heavy atom. The number of aliphatic hydroxyl groups excluding tert-OH is 3. The molecule has 31 heteroatoms. The molecule has 10 N–H and O–H groups in total. The van der Waals surface area contributed by atoms with E-state index >= 15 is 0 Å². The summed E-state index contributed by atoms with van der Waals surface area (Å²) in [6, 6.07) is 18.6. The number of ether oxygens (including phenoxy) is 8. The van der Waals surface area contributed by atoms with Crippen LogP contribution in [0.4, 0.5) is 0 Å². The van der Waals surface area contributed by atoms with Crippen molar-refractivity contribution in [3.05, 3.63) is 171 Å². The standard InChI is InChI=1S/C41H43N5O7S.C40H44N4O8S.Ag.HNO3/c1-18-10-21-11-26-27(13-42)46-28-15-51-40(49)41(39-24(12-22(14-47)44-41)23-8-6-7-9-25(23)43-39)16-54-38(29-19(2)20(3)36-37(31(28)29)53-17-52-36)33(46)32(45(26)4)30(21)34(48)35(18)50-5;1-17-10-20-11-25-38(47)44-26-14-50-39(48)40(37-23(12-21(13-45)42-40)22-8-6-7-9-24(22)41-37)15-53-36(27-18(2)19(3)34-35(29(26)27)52-16-51-34)31(44)30(43(25)4)28(20)32(46)33(17)49-5;;2-1(3)4/h6-10,22,26-28,32-33,38,43-44,47-48H,11-12,14-17H2,1-5H3;6-10,21,25-26,30-31,36,38,41-42,45-47H,11-16H2,1-5H3;;(H,2,3,4)/t22-,26+,27+,28+,32-,33-,38-,41-;21-,25+,26+,30-,31-,36-,38+,40-;;/m11../s1. The zero-order chi connectivity index (χ0) is 77.6. The number of carbonyl (C=O) groups excluding carboxylic acids is 2. The molecule has 8 aromatic rings. The number of carbonyl (C=O) groups is 2. The number of hydrogen-bond donors (Lipinski definition) is 10. The minimum absolute atomic E-state index is 0. The largest absolute Gasteiger partial charge is 0.504 e. The van der Waals surface area contributed by atoms with E-state index in [1.165, 1.54) is 0 Å². The molecule has 1 radical (unpaired) electrons. The number of piperazine rings is 2. The third-order valence-corrected chi connectivity index (χ3v) is 29.3. The number of benzene rings is 6. The number of hydrogen-bond acceptors (Lipinski definition) is 26. The Hall–Kier alpha value is -8.49. The van der Waals surface area contributed by atoms with Gasteiger partial charge >= 0.3 is 11.9 Å². The molecule has 4 fully saturated rings. The van der Waals surface area contributed by atoms with Crippen LogP contribution in [0.5, 0.6) is 46.0 Å². The number of aromatic hydroxyl groups is 2. The molecule has 2 spiro atoms. The molecule has 2 aromatic heterocycles. The minimum Gasteiger partial charge on any atom is -0.504 e. The number of aromatic amines is 2. The van der Waals surface area contributed by atoms with E-state index in [0.717, 1.165) is 122 Å². The molecule has 6 aromatic carbocycles. The second-order valence-electron chi connectivity index (χ2n) is 31.5. The number of aromatic nitrogens is 2. The van der Waals surface area contributed by atoms with Crippen molar-refractivity contribution in [1.82, 2.24) is 40.2 Å². The molecule has 16 heterocycles. The molecule has 14 aliphatic heterocycles. The molecule has 16 atom stereocenters. The molecule has 0 amide bonds. The second-order valence-corrected chi connectivity index (χ2v) is 33.7. The molecule has 28 nitrogen and oxygen atoms in total. The van der Waals surface area contributed by atoms with Crippen LogP contribution in [-0.2, 0) is 78.2 Å². The fourth-order valence-electron chi connectivity index (χ4n) is 21.5. The number of para-hydroxylation sites is 2. The summed E-state index contributed by atoms with van der Waals surface area (Å²) < 4.78 is 49.3. The number of phenolic OH excluding ortho intramolecular Hbond substituents is 2. The molecule has 0 saturated carbocycles. The van der Waals surface area contributed by atoms with Crippen molar-refractivity contribution < 1.29 is 106 Å². The summed E-state index contributed by atoms with van der Waals surface area (Å²) in [5.41, 5.74) is 16.1. The van der Waals surface area contributed by atoms with Gasteiger partial charge in [-0.25, -0.2) is 9.59 Å². The van der Waals surface area contributed by atoms with Gasteiger partial charge in [0.2, 0.25) is 13.6 Å². The van der Waals surface area contributed by atoms with Gasteiger partial charge in [-0.05, 0) is 160 Å². The number of likely N-dealkylation sites (N-methyl/N-ethyl adjacent to an activating group) is 2. The normalized spacial score (nSPS) is 30.1. The van der Waals surface area contributed by atoms with Crippen LogP contribution in [0.2, 0.25) is 0 Å². The summed E-state index contributed by atoms with van der Waals surface area (Å²) in [5.74, 6) is 3.44. The third kappa shape index (κ3) is 10.8. The molecule has 14 aliphatic rings. The summed E-state index contributed by atoms with van der Waals surface area (Å²) >= 11 is 3.29. The maximum absolute atomic E-state index is 14.9. The molecule has 4 saturated heterocycles. The Morgan fingerprint density at radius 2 is 1.02 bits per heavy atom. The van der Waals surface area contributed by atoms with Crippen LogP contribution < -0.4 is 39.1 Å². The fourth-order valence-corrected chi connectivity index (χ4v) is 24.9. The van der Waals surface area contributed by atoms with Crippen LogP contribution in [0.15, 0.2) is 60.7 Å². The number of aliphatic hydroxyl groups is 3. The first-order valence-electron chi connectivity index (χ1n) is 37.5. The summed E-state index contributed by atoms with van der Waals surface area (Å²) in [6.45, 7) is 12.0. The van der Waals surface area contributed by atoms with E-state index in [4.69, 9.17) is 53.2 Å². The number of H-pyrrole nitrogens is 2. The zero-order valence-corrected chi connectivity index (χ0v) is 66.3. The molecular formula is C81H88AgN10O18S2. The molecule has 8 bridgehead atoms. The van der Waals surface area contributed by atoms with Gasteiger partial charge in [-0.15, -0.1) is 33.6 Å². The Kier molecular flexibility index (Phi) is 19.2. The van der Waals surface area contributed by atoms with E-state index in [2.05, 4.69) is 105 Å². The SMILES string of the molecule is COc1c(C)cc2c(c1O)[C@@H]1[C@@H]3[C@@H]4SC[C@]5(N[C@@H](CO)Cc6c5[nH]c5ccccc65)C(=O)OC[C@@H](c5c6c(c(C)c(C)c54)OCO6)N3[C@@H](C#N)[C@H](C2)N1C.COc1c(C)cc2c(c1O)[C@@H]1[C@@H]3[C@@H]4SC[C@]5(N[C@@H](CO)Cc6c5[nH]c5ccccc65)C(=O)OC[C@@H](c5c6c(c(C)c(C)c54)OCO6)N3[C@@H](O)[C@H](C2)N1C.O=[N+]([O-])O.[Ag]. The first-order valence-corrected chi connectivity index (χ1v) is 39.6. The molecule has 22 rings (SSSR count). The first kappa shape index (κ1) is 76.2. The van der Waals surface area contributed by atoms with Gasteiger partial charge in [-0.3, -0.25) is 30.2 Å². The third-order valence-electron chi connectivity index (χ3n) is 26.3. The summed E-state index contributed by atoms with van der Waals surface area (Å²) in [7, 11) is 7.26. The van der Waals surface area contributed by atoms with Crippen molar-refractivity contribution in [2.24, 2.45) is 0 Å². The van der Waals surface area contributed by atoms with Gasteiger partial charge < -0.3 is 78.6 Å². The van der Waals surface area contributed by atoms with Crippen LogP contribution in [-0.4, -0.2) is 206 Å². The predicted octanol–water partition coefficient (Wildman–Crippen LogP) is 8.07. The smallest absolute Gasteiger partial charge is 0.333 e. The first-order chi connectivity index (χ1) is 53.4. The van der Waals surface area contributed by atoms with Crippen molar-refractivity contribution in [2.75, 3.05) is 79.8 Å². The van der Waals surface area contributed by atoms with Gasteiger partial charge in [0.1, 0.15) is 25.5 Å². The number of phenols is 2. The van der Waals surface area contributed by atoms with Crippen molar-refractivity contribution in [3.8, 4) is 52.1 Å². The number of esters is 2. The number of nitrogens with one attached hydrogen (secondary N) is 4. The second kappa shape index (κ2) is 28.2. The number of rotatable bonds is 4. The van der Waals surface area contributed by atoms with Gasteiger partial charge in [0.15, 0.2) is 57.1 Å². The van der Waals surface area contributed by atoms with E-state index < -0.39 is 52.5 Å². The summed E-state index contributed by atoms with van der Waals surface area (Å²) in [4.78, 5) is 54.2. The van der Waals surface area contributed by atoms with Crippen LogP contribution >= 0.6 is 23.5 Å². The number of nitrogens with zero attached hydrogens (tertiary/aromatic N) is 6. The van der Waals surface area contributed by atoms with Gasteiger partial charge in [-0.2, -0.15) is 5.26 Å². The quantitative estimate of drug-likeness (QED) is 0.0344. The zero-order valence-electron chi connectivity index (χ0n) is 63.2. The van der Waals surface area contributed by atoms with Crippen LogP contribution in [0, 0.1) is 63.0 Å². The maximum atomic E-state index is 14.9. The van der Waals surface area contributed by atoms with Crippen molar-refractivity contribution in [1.29, 1.82) is 5.26 Å². The Balaban J connectivity index is 0.000000154. The average molecular weight is 1660 g/mol. The predicted molar refractivity (Wildman–Crippen MR) is 407 cm³/mol. The van der Waals surface area contributed by atoms with Gasteiger partial charge in [-0.1, -0.05) is 48.5 Å². The van der Waals surface area contributed by atoms with E-state index in [-0.39, 0.29) is 144 Å². The number of nitriles is 1. The monoisotopic (exact) mass is 1660 g/mol. The maximum Gasteiger partial charge on any atom is 0.333 e. The van der Waals surface area contributed by atoms with E-state index in [9.17, 15) is 40.4 Å². The fraction of sp³-hybridized carbons (Fsp3) is 0.469. The van der Waals surface area contributed by atoms with E-state index in [0.29, 0.717) is 60.2 Å². The van der Waals surface area contributed by atoms with E-state index in [1.54, 1.807) is 37.7 Å². The topological polar surface area (TPSA) is 365 Å². The Labute approximate surface area is 668 Å². The molecular weight excluding hydrogens is 1570 g/mol. The van der Waals surface area contributed by atoms with Crippen molar-refractivity contribution in [2.45, 2.75) is 161 Å². The Bertz CT molecular complexity index is 5300. The summed E-state index contributed by atoms with van der Waals surface area (Å²) in [5, 5.41) is 91.2. The van der Waals surface area contributed by atoms with Gasteiger partial charge in [0.25, 0.3) is 5.09 Å². The molecule has 593 valence electrons. The number of aryl methyl sites for hydroxylation is 2. The number of fused-ring (bicyclic) bond motifs is 22. The minimum atomic E-state index is -1.50. The van der Waals surface area contributed by atoms with Crippen LogP contribution in [0.25, 0.3) is 21.8 Å². The molecule has 0 unspecified atom stereocenters. The van der Waals surface area contributed by atoms with Gasteiger partial charge in [0.05, 0.1) is 75.1 Å². The average Bonchev–Trinajstić information content (AvgIpc) is 0.936. The van der Waals surface area contributed by atoms with Crippen LogP contribution in [0.3, 0.4) is 0 Å². The van der Waals surface area contributed by atoms with E-state index in [1.807, 2.05) is 57.3 Å². The molecule has 112 heavy (non-hydrogen) atoms. The summed E-state index contributed by atoms with van der Waals surface area (Å²) in [6.07, 6.45) is 1.26. The Morgan fingerprint density at radius 1 is 0.607 bits per heavy atom. The van der Waals surface area contributed by atoms with Gasteiger partial charge in [0, 0.05) is 119 Å². The number of thioether (sulfide) groups is 2. The van der Waals surface area contributed by atoms with Crippen LogP contribution in [0.1, 0.15) is 135 Å². The molecule has 0 aliphatic carbocycles. The number of methoxy groups -OCH3 is 2. The van der Waals surface area contributed by atoms with Crippen molar-refractivity contribution in [3.63, 3.8) is 0 Å². The van der Waals surface area contributed by atoms with Crippen molar-refractivity contribution >= 4 is 57.3 Å².